The molecule has 1 amide bonds. The van der Waals surface area contributed by atoms with Crippen LogP contribution in [0.15, 0.2) is 69.9 Å². The van der Waals surface area contributed by atoms with Gasteiger partial charge in [0.05, 0.1) is 22.6 Å². The number of amides is 1. The maximum atomic E-state index is 12.7. The number of hydrazone groups is 1. The zero-order chi connectivity index (χ0) is 18.0. The number of para-hydroxylation sites is 1. The summed E-state index contributed by atoms with van der Waals surface area (Å²) in [5, 5.41) is 13.0. The highest BCUT2D eigenvalue weighted by Crippen LogP contribution is 2.31. The SMILES string of the molecule is CC1=NN(c2ccccc2)C(=O)[C@H]1N=Nc1cccc(C(F)(F)F)c1. The van der Waals surface area contributed by atoms with Crippen molar-refractivity contribution >= 4 is 23.0 Å². The second kappa shape index (κ2) is 6.46. The smallest absolute Gasteiger partial charge is 0.269 e. The van der Waals surface area contributed by atoms with Crippen LogP contribution >= 0.6 is 0 Å². The fraction of sp³-hybridized carbons (Fsp3) is 0.176. The second-order valence-electron chi connectivity index (χ2n) is 5.39. The molecule has 3 rings (SSSR count). The first-order valence-corrected chi connectivity index (χ1v) is 7.38. The van der Waals surface area contributed by atoms with Gasteiger partial charge in [0, 0.05) is 0 Å². The van der Waals surface area contributed by atoms with Crippen molar-refractivity contribution in [2.24, 2.45) is 15.3 Å². The van der Waals surface area contributed by atoms with Crippen LogP contribution in [-0.4, -0.2) is 17.7 Å². The Bertz CT molecular complexity index is 846. The molecule has 1 aliphatic heterocycles. The van der Waals surface area contributed by atoms with E-state index in [2.05, 4.69) is 15.3 Å². The molecule has 0 aliphatic carbocycles. The molecule has 0 unspecified atom stereocenters. The number of halogens is 3. The van der Waals surface area contributed by atoms with Gasteiger partial charge in [0.2, 0.25) is 0 Å². The molecule has 25 heavy (non-hydrogen) atoms. The van der Waals surface area contributed by atoms with Crippen molar-refractivity contribution in [2.45, 2.75) is 19.1 Å². The van der Waals surface area contributed by atoms with E-state index in [1.165, 1.54) is 17.1 Å². The van der Waals surface area contributed by atoms with Crippen molar-refractivity contribution in [3.05, 3.63) is 60.2 Å². The lowest BCUT2D eigenvalue weighted by Gasteiger charge is -2.11. The van der Waals surface area contributed by atoms with E-state index in [-0.39, 0.29) is 5.69 Å². The first-order chi connectivity index (χ1) is 11.9. The Hall–Kier alpha value is -3.03. The van der Waals surface area contributed by atoms with Crippen LogP contribution in [0.3, 0.4) is 0 Å². The summed E-state index contributed by atoms with van der Waals surface area (Å²) < 4.78 is 38.2. The molecular weight excluding hydrogens is 333 g/mol. The Morgan fingerprint density at radius 2 is 1.80 bits per heavy atom. The summed E-state index contributed by atoms with van der Waals surface area (Å²) in [5.41, 5.74) is 0.208. The zero-order valence-corrected chi connectivity index (χ0v) is 13.1. The van der Waals surface area contributed by atoms with Crippen molar-refractivity contribution in [1.29, 1.82) is 0 Å². The molecule has 5 nitrogen and oxygen atoms in total. The predicted octanol–water partition coefficient (Wildman–Crippen LogP) is 4.58. The molecule has 0 saturated heterocycles. The molecule has 1 atom stereocenters. The van der Waals surface area contributed by atoms with E-state index in [0.29, 0.717) is 11.4 Å². The van der Waals surface area contributed by atoms with Crippen LogP contribution in [0.25, 0.3) is 0 Å². The average Bonchev–Trinajstić information content (AvgIpc) is 2.88. The Morgan fingerprint density at radius 3 is 2.48 bits per heavy atom. The minimum Gasteiger partial charge on any atom is -0.269 e. The van der Waals surface area contributed by atoms with E-state index in [1.54, 1.807) is 31.2 Å². The van der Waals surface area contributed by atoms with E-state index < -0.39 is 23.7 Å². The lowest BCUT2D eigenvalue weighted by Crippen LogP contribution is -2.29. The number of benzene rings is 2. The molecule has 2 aromatic carbocycles. The maximum absolute atomic E-state index is 12.7. The highest BCUT2D eigenvalue weighted by Gasteiger charge is 2.35. The molecule has 8 heteroatoms. The molecule has 1 heterocycles. The molecule has 128 valence electrons. The minimum absolute atomic E-state index is 0.0218. The summed E-state index contributed by atoms with van der Waals surface area (Å²) >= 11 is 0. The topological polar surface area (TPSA) is 57.4 Å². The second-order valence-corrected chi connectivity index (χ2v) is 5.39. The molecule has 0 bridgehead atoms. The number of hydrogen-bond acceptors (Lipinski definition) is 4. The normalized spacial score (nSPS) is 18.1. The average molecular weight is 346 g/mol. The van der Waals surface area contributed by atoms with Crippen LogP contribution in [0.5, 0.6) is 0 Å². The molecule has 1 aliphatic rings. The molecular formula is C17H13F3N4O. The van der Waals surface area contributed by atoms with Crippen molar-refractivity contribution in [3.63, 3.8) is 0 Å². The first-order valence-electron chi connectivity index (χ1n) is 7.38. The van der Waals surface area contributed by atoms with Gasteiger partial charge in [-0.3, -0.25) is 4.79 Å². The summed E-state index contributed by atoms with van der Waals surface area (Å²) in [7, 11) is 0. The van der Waals surface area contributed by atoms with Crippen molar-refractivity contribution in [1.82, 2.24) is 0 Å². The number of alkyl halides is 3. The summed E-state index contributed by atoms with van der Waals surface area (Å²) in [6.45, 7) is 1.62. The van der Waals surface area contributed by atoms with Crippen LogP contribution in [0.1, 0.15) is 12.5 Å². The van der Waals surface area contributed by atoms with Crippen LogP contribution in [-0.2, 0) is 11.0 Å². The first kappa shape index (κ1) is 16.8. The van der Waals surface area contributed by atoms with Crippen LogP contribution < -0.4 is 5.01 Å². The van der Waals surface area contributed by atoms with Gasteiger partial charge in [-0.15, -0.1) is 0 Å². The fourth-order valence-electron chi connectivity index (χ4n) is 2.31. The monoisotopic (exact) mass is 346 g/mol. The molecule has 0 fully saturated rings. The van der Waals surface area contributed by atoms with Gasteiger partial charge < -0.3 is 0 Å². The Balaban J connectivity index is 1.81. The van der Waals surface area contributed by atoms with Crippen molar-refractivity contribution in [3.8, 4) is 0 Å². The van der Waals surface area contributed by atoms with Crippen LogP contribution in [0, 0.1) is 0 Å². The van der Waals surface area contributed by atoms with Gasteiger partial charge in [-0.2, -0.15) is 33.5 Å². The summed E-state index contributed by atoms with van der Waals surface area (Å²) in [6, 6.07) is 12.3. The molecule has 0 spiro atoms. The van der Waals surface area contributed by atoms with Crippen molar-refractivity contribution in [2.75, 3.05) is 5.01 Å². The minimum atomic E-state index is -4.46. The quantitative estimate of drug-likeness (QED) is 0.751. The highest BCUT2D eigenvalue weighted by atomic mass is 19.4. The van der Waals surface area contributed by atoms with Crippen molar-refractivity contribution < 1.29 is 18.0 Å². The van der Waals surface area contributed by atoms with Gasteiger partial charge in [-0.05, 0) is 37.3 Å². The molecule has 0 N–H and O–H groups in total. The number of hydrogen-bond donors (Lipinski definition) is 0. The zero-order valence-electron chi connectivity index (χ0n) is 13.1. The van der Waals surface area contributed by atoms with E-state index in [4.69, 9.17) is 0 Å². The van der Waals surface area contributed by atoms with Gasteiger partial charge in [-0.25, -0.2) is 0 Å². The van der Waals surface area contributed by atoms with E-state index >= 15 is 0 Å². The van der Waals surface area contributed by atoms with Gasteiger partial charge in [-0.1, -0.05) is 24.3 Å². The molecule has 0 saturated carbocycles. The number of anilines is 1. The summed E-state index contributed by atoms with van der Waals surface area (Å²) in [6.07, 6.45) is -4.46. The van der Waals surface area contributed by atoms with E-state index in [1.807, 2.05) is 6.07 Å². The number of carbonyl (C=O) groups excluding carboxylic acids is 1. The fourth-order valence-corrected chi connectivity index (χ4v) is 2.31. The van der Waals surface area contributed by atoms with Crippen LogP contribution in [0.4, 0.5) is 24.5 Å². The Morgan fingerprint density at radius 1 is 1.08 bits per heavy atom. The van der Waals surface area contributed by atoms with Crippen LogP contribution in [0.2, 0.25) is 0 Å². The third kappa shape index (κ3) is 3.57. The lowest BCUT2D eigenvalue weighted by atomic mass is 10.2. The van der Waals surface area contributed by atoms with Gasteiger partial charge >= 0.3 is 6.18 Å². The summed E-state index contributed by atoms with van der Waals surface area (Å²) in [4.78, 5) is 12.4. The largest absolute Gasteiger partial charge is 0.416 e. The van der Waals surface area contributed by atoms with E-state index in [0.717, 1.165) is 12.1 Å². The maximum Gasteiger partial charge on any atom is 0.416 e. The highest BCUT2D eigenvalue weighted by molar-refractivity contribution is 6.18. The van der Waals surface area contributed by atoms with Gasteiger partial charge in [0.1, 0.15) is 0 Å². The molecule has 0 aromatic heterocycles. The summed E-state index contributed by atoms with van der Waals surface area (Å²) in [5.74, 6) is -0.403. The number of carbonyl (C=O) groups is 1. The van der Waals surface area contributed by atoms with E-state index in [9.17, 15) is 18.0 Å². The molecule has 2 aromatic rings. The number of nitrogens with zero attached hydrogens (tertiary/aromatic N) is 4. The number of rotatable bonds is 3. The standard InChI is InChI=1S/C17H13F3N4O/c1-11-15(16(25)24(23-11)14-8-3-2-4-9-14)22-21-13-7-5-6-12(10-13)17(18,19)20/h2-10,15H,1H3/t15-/m0/s1. The Labute approximate surface area is 141 Å². The van der Waals surface area contributed by atoms with Gasteiger partial charge in [0.25, 0.3) is 5.91 Å². The number of azo groups is 1. The third-order valence-electron chi connectivity index (χ3n) is 3.56. The van der Waals surface area contributed by atoms with Gasteiger partial charge in [0.15, 0.2) is 6.04 Å². The Kier molecular flexibility index (Phi) is 4.35. The molecule has 0 radical (unpaired) electrons. The lowest BCUT2D eigenvalue weighted by molar-refractivity contribution is -0.137. The predicted molar refractivity (Wildman–Crippen MR) is 86.8 cm³/mol. The third-order valence-corrected chi connectivity index (χ3v) is 3.56.